The van der Waals surface area contributed by atoms with Crippen molar-refractivity contribution in [2.75, 3.05) is 27.4 Å². The van der Waals surface area contributed by atoms with Crippen LogP contribution in [0.4, 0.5) is 0 Å². The Morgan fingerprint density at radius 2 is 1.94 bits per heavy atom. The van der Waals surface area contributed by atoms with E-state index in [1.54, 1.807) is 7.11 Å². The number of ether oxygens (including phenoxy) is 4. The molecule has 2 aromatic rings. The Morgan fingerprint density at radius 3 is 2.76 bits per heavy atom. The van der Waals surface area contributed by atoms with Gasteiger partial charge in [-0.15, -0.1) is 0 Å². The van der Waals surface area contributed by atoms with Gasteiger partial charge in [0.05, 0.1) is 20.3 Å². The molecule has 0 radical (unpaired) electrons. The van der Waals surface area contributed by atoms with Gasteiger partial charge in [-0.05, 0) is 55.8 Å². The minimum atomic E-state index is -0.334. The van der Waals surface area contributed by atoms with Gasteiger partial charge in [0, 0.05) is 35.5 Å². The van der Waals surface area contributed by atoms with E-state index in [0.717, 1.165) is 43.7 Å². The Bertz CT molecular complexity index is 1090. The zero-order valence-corrected chi connectivity index (χ0v) is 19.6. The summed E-state index contributed by atoms with van der Waals surface area (Å²) in [4.78, 5) is 0. The summed E-state index contributed by atoms with van der Waals surface area (Å²) in [6, 6.07) is 15.3. The molecule has 4 bridgehead atoms. The maximum absolute atomic E-state index is 6.99. The van der Waals surface area contributed by atoms with Crippen LogP contribution in [0.5, 0.6) is 11.5 Å². The highest BCUT2D eigenvalue weighted by Crippen LogP contribution is 2.75. The van der Waals surface area contributed by atoms with Crippen molar-refractivity contribution in [1.29, 1.82) is 0 Å². The number of piperidine rings is 1. The fraction of sp³-hybridized carbons (Fsp3) is 0.571. The minimum absolute atomic E-state index is 0.00453. The molecule has 1 N–H and O–H groups in total. The van der Waals surface area contributed by atoms with Gasteiger partial charge >= 0.3 is 0 Å². The fourth-order valence-corrected chi connectivity index (χ4v) is 8.73. The van der Waals surface area contributed by atoms with Crippen molar-refractivity contribution in [2.45, 2.75) is 61.9 Å². The molecule has 5 nitrogen and oxygen atoms in total. The molecule has 0 unspecified atom stereocenters. The molecular weight excluding hydrogens is 414 g/mol. The van der Waals surface area contributed by atoms with E-state index in [2.05, 4.69) is 47.8 Å². The molecule has 0 aromatic heterocycles. The highest BCUT2D eigenvalue weighted by Gasteiger charge is 2.79. The summed E-state index contributed by atoms with van der Waals surface area (Å²) >= 11 is 0. The largest absolute Gasteiger partial charge is 0.493 e. The van der Waals surface area contributed by atoms with Crippen molar-refractivity contribution >= 4 is 0 Å². The van der Waals surface area contributed by atoms with Gasteiger partial charge in [-0.1, -0.05) is 36.4 Å². The van der Waals surface area contributed by atoms with Crippen molar-refractivity contribution in [3.63, 3.8) is 0 Å². The molecule has 1 saturated heterocycles. The van der Waals surface area contributed by atoms with Gasteiger partial charge in [-0.2, -0.15) is 0 Å². The molecular formula is C28H33NO4. The molecule has 2 aliphatic heterocycles. The second-order valence-corrected chi connectivity index (χ2v) is 10.8. The average Bonchev–Trinajstić information content (AvgIpc) is 3.21. The summed E-state index contributed by atoms with van der Waals surface area (Å²) in [6.45, 7) is 2.38. The van der Waals surface area contributed by atoms with Crippen molar-refractivity contribution in [3.8, 4) is 11.5 Å². The topological polar surface area (TPSA) is 49.0 Å². The lowest BCUT2D eigenvalue weighted by Gasteiger charge is -2.72. The maximum Gasteiger partial charge on any atom is 0.165 e. The molecule has 6 atom stereocenters. The first kappa shape index (κ1) is 20.3. The van der Waals surface area contributed by atoms with Crippen molar-refractivity contribution < 1.29 is 18.9 Å². The first-order valence-corrected chi connectivity index (χ1v) is 12.5. The standard InChI is InChI=1S/C28H33NO4/c1-30-21-9-8-19-14-22-26-10-11-28(31-2,20(15-26)17-32-16-18-6-4-3-5-7-18)25-27(26,12-13-29-22)23(19)24(21)33-25/h3-9,20,22,25,29H,10-17H2,1-2H3/t20-,22-,25-,26-,27+,28-/m1/s1. The smallest absolute Gasteiger partial charge is 0.165 e. The van der Waals surface area contributed by atoms with Crippen LogP contribution in [0, 0.1) is 11.3 Å². The molecule has 33 heavy (non-hydrogen) atoms. The predicted molar refractivity (Wildman–Crippen MR) is 125 cm³/mol. The molecule has 8 rings (SSSR count). The monoisotopic (exact) mass is 447 g/mol. The number of hydrogen-bond donors (Lipinski definition) is 1. The molecule has 2 heterocycles. The lowest BCUT2D eigenvalue weighted by molar-refractivity contribution is -0.271. The van der Waals surface area contributed by atoms with E-state index >= 15 is 0 Å². The highest BCUT2D eigenvalue weighted by molar-refractivity contribution is 5.63. The van der Waals surface area contributed by atoms with Crippen molar-refractivity contribution in [1.82, 2.24) is 5.32 Å². The molecule has 5 heteroatoms. The van der Waals surface area contributed by atoms with Gasteiger partial charge in [-0.3, -0.25) is 0 Å². The van der Waals surface area contributed by atoms with Crippen molar-refractivity contribution in [2.24, 2.45) is 11.3 Å². The van der Waals surface area contributed by atoms with Crippen LogP contribution >= 0.6 is 0 Å². The maximum atomic E-state index is 6.99. The first-order valence-electron chi connectivity index (χ1n) is 12.5. The zero-order valence-electron chi connectivity index (χ0n) is 19.6. The second-order valence-electron chi connectivity index (χ2n) is 10.8. The van der Waals surface area contributed by atoms with E-state index in [0.29, 0.717) is 25.2 Å². The second kappa shape index (κ2) is 6.97. The third kappa shape index (κ3) is 2.34. The summed E-state index contributed by atoms with van der Waals surface area (Å²) in [5.74, 6) is 2.16. The van der Waals surface area contributed by atoms with E-state index in [1.165, 1.54) is 23.1 Å². The SMILES string of the molecule is COc1ccc2c3c1O[C@H]1[C@@]4(OC)CC[C@@]5(C[C@@H]4COCc4ccccc4)[C@@H](C2)NCC[C@]315. The molecule has 174 valence electrons. The van der Waals surface area contributed by atoms with Crippen LogP contribution < -0.4 is 14.8 Å². The number of nitrogens with one attached hydrogen (secondary N) is 1. The lowest BCUT2D eigenvalue weighted by atomic mass is 9.35. The summed E-state index contributed by atoms with van der Waals surface area (Å²) in [5, 5.41) is 3.94. The summed E-state index contributed by atoms with van der Waals surface area (Å²) in [6.07, 6.45) is 5.52. The predicted octanol–water partition coefficient (Wildman–Crippen LogP) is 4.01. The average molecular weight is 448 g/mol. The zero-order chi connectivity index (χ0) is 22.3. The van der Waals surface area contributed by atoms with Gasteiger partial charge in [0.15, 0.2) is 11.5 Å². The lowest BCUT2D eigenvalue weighted by Crippen LogP contribution is -2.81. The van der Waals surface area contributed by atoms with Gasteiger partial charge in [0.1, 0.15) is 11.7 Å². The van der Waals surface area contributed by atoms with Crippen LogP contribution in [-0.4, -0.2) is 45.1 Å². The quantitative estimate of drug-likeness (QED) is 0.725. The van der Waals surface area contributed by atoms with Crippen LogP contribution in [0.2, 0.25) is 0 Å². The number of hydrogen-bond acceptors (Lipinski definition) is 5. The number of methoxy groups -OCH3 is 2. The Hall–Kier alpha value is -2.08. The molecule has 4 aliphatic carbocycles. The van der Waals surface area contributed by atoms with Crippen LogP contribution in [-0.2, 0) is 27.9 Å². The van der Waals surface area contributed by atoms with Gasteiger partial charge in [0.2, 0.25) is 0 Å². The van der Waals surface area contributed by atoms with Gasteiger partial charge in [0.25, 0.3) is 0 Å². The number of fused-ring (bicyclic) bond motifs is 2. The summed E-state index contributed by atoms with van der Waals surface area (Å²) in [5.41, 5.74) is 3.95. The summed E-state index contributed by atoms with van der Waals surface area (Å²) < 4.78 is 25.7. The third-order valence-electron chi connectivity index (χ3n) is 9.96. The molecule has 3 saturated carbocycles. The van der Waals surface area contributed by atoms with E-state index < -0.39 is 0 Å². The van der Waals surface area contributed by atoms with E-state index in [-0.39, 0.29) is 22.5 Å². The van der Waals surface area contributed by atoms with E-state index in [4.69, 9.17) is 18.9 Å². The van der Waals surface area contributed by atoms with Crippen LogP contribution in [0.3, 0.4) is 0 Å². The van der Waals surface area contributed by atoms with Gasteiger partial charge in [-0.25, -0.2) is 0 Å². The Labute approximate surface area is 195 Å². The Morgan fingerprint density at radius 1 is 1.06 bits per heavy atom. The molecule has 4 fully saturated rings. The Balaban J connectivity index is 1.31. The normalized spacial score (nSPS) is 39.2. The molecule has 0 amide bonds. The van der Waals surface area contributed by atoms with E-state index in [1.807, 2.05) is 7.11 Å². The van der Waals surface area contributed by atoms with Crippen LogP contribution in [0.1, 0.15) is 42.4 Å². The Kier molecular flexibility index (Phi) is 4.29. The third-order valence-corrected chi connectivity index (χ3v) is 9.96. The van der Waals surface area contributed by atoms with Crippen LogP contribution in [0.15, 0.2) is 42.5 Å². The first-order chi connectivity index (χ1) is 16.2. The molecule has 2 aromatic carbocycles. The summed E-state index contributed by atoms with van der Waals surface area (Å²) in [7, 11) is 3.65. The van der Waals surface area contributed by atoms with Gasteiger partial charge < -0.3 is 24.3 Å². The number of benzene rings is 2. The number of rotatable bonds is 6. The van der Waals surface area contributed by atoms with E-state index in [9.17, 15) is 0 Å². The molecule has 6 aliphatic rings. The minimum Gasteiger partial charge on any atom is -0.493 e. The highest BCUT2D eigenvalue weighted by atomic mass is 16.6. The molecule has 2 spiro atoms. The fourth-order valence-electron chi connectivity index (χ4n) is 8.73. The van der Waals surface area contributed by atoms with Crippen LogP contribution in [0.25, 0.3) is 0 Å². The van der Waals surface area contributed by atoms with Crippen molar-refractivity contribution in [3.05, 3.63) is 59.2 Å².